The quantitative estimate of drug-likeness (QED) is 0.691. The highest BCUT2D eigenvalue weighted by Crippen LogP contribution is 2.30. The first kappa shape index (κ1) is 8.09. The predicted molar refractivity (Wildman–Crippen MR) is 53.1 cm³/mol. The Morgan fingerprint density at radius 1 is 1.46 bits per heavy atom. The van der Waals surface area contributed by atoms with Gasteiger partial charge in [0.15, 0.2) is 0 Å². The Balaban J connectivity index is 2.79. The monoisotopic (exact) mass is 189 g/mol. The minimum absolute atomic E-state index is 0.645. The maximum atomic E-state index is 8.75. The van der Waals surface area contributed by atoms with E-state index in [1.807, 2.05) is 17.5 Å². The van der Waals surface area contributed by atoms with Gasteiger partial charge in [-0.2, -0.15) is 5.26 Å². The number of hydrogen-bond donors (Lipinski definition) is 0. The molecule has 0 aliphatic carbocycles. The topological polar surface area (TPSA) is 33.0 Å². The Bertz CT molecular complexity index is 481. The van der Waals surface area contributed by atoms with Gasteiger partial charge in [-0.3, -0.25) is 0 Å². The summed E-state index contributed by atoms with van der Waals surface area (Å²) in [5, 5.41) is 11.8. The molecule has 0 aliphatic rings. The number of benzene rings is 1. The second kappa shape index (κ2) is 3.08. The Labute approximate surface area is 80.0 Å². The molecule has 0 fully saturated rings. The van der Waals surface area contributed by atoms with Crippen LogP contribution in [0.25, 0.3) is 10.1 Å². The van der Waals surface area contributed by atoms with Gasteiger partial charge in [-0.25, -0.2) is 0 Å². The van der Waals surface area contributed by atoms with Gasteiger partial charge in [0, 0.05) is 10.1 Å². The molecular formula is C10H7NOS. The summed E-state index contributed by atoms with van der Waals surface area (Å²) < 4.78 is 6.28. The molecule has 0 unspecified atom stereocenters. The van der Waals surface area contributed by atoms with Gasteiger partial charge in [0.25, 0.3) is 0 Å². The summed E-state index contributed by atoms with van der Waals surface area (Å²) in [6.07, 6.45) is 0. The summed E-state index contributed by atoms with van der Waals surface area (Å²) in [5.74, 6) is 0.773. The Kier molecular flexibility index (Phi) is 1.91. The van der Waals surface area contributed by atoms with Crippen molar-refractivity contribution in [3.63, 3.8) is 0 Å². The molecule has 1 aromatic heterocycles. The molecule has 64 valence electrons. The van der Waals surface area contributed by atoms with Crippen molar-refractivity contribution < 1.29 is 4.74 Å². The van der Waals surface area contributed by atoms with E-state index >= 15 is 0 Å². The van der Waals surface area contributed by atoms with E-state index in [0.717, 1.165) is 15.8 Å². The fraction of sp³-hybridized carbons (Fsp3) is 0.100. The van der Waals surface area contributed by atoms with Crippen LogP contribution in [0.5, 0.6) is 5.75 Å². The fourth-order valence-electron chi connectivity index (χ4n) is 1.27. The van der Waals surface area contributed by atoms with Crippen molar-refractivity contribution >= 4 is 21.4 Å². The van der Waals surface area contributed by atoms with Gasteiger partial charge in [0.2, 0.25) is 0 Å². The molecule has 0 atom stereocenters. The molecule has 0 saturated heterocycles. The number of nitrogens with zero attached hydrogens (tertiary/aromatic N) is 1. The molecule has 0 bridgehead atoms. The molecule has 13 heavy (non-hydrogen) atoms. The molecule has 0 spiro atoms. The fourth-order valence-corrected chi connectivity index (χ4v) is 2.11. The number of rotatable bonds is 1. The Hall–Kier alpha value is -1.53. The summed E-state index contributed by atoms with van der Waals surface area (Å²) >= 11 is 1.62. The molecular weight excluding hydrogens is 182 g/mol. The minimum Gasteiger partial charge on any atom is -0.496 e. The zero-order valence-electron chi connectivity index (χ0n) is 7.07. The van der Waals surface area contributed by atoms with Crippen molar-refractivity contribution in [1.82, 2.24) is 0 Å². The summed E-state index contributed by atoms with van der Waals surface area (Å²) in [6.45, 7) is 0. The zero-order chi connectivity index (χ0) is 9.26. The third kappa shape index (κ3) is 1.25. The second-order valence-corrected chi connectivity index (χ2v) is 3.57. The first-order chi connectivity index (χ1) is 6.35. The van der Waals surface area contributed by atoms with Crippen molar-refractivity contribution in [1.29, 1.82) is 5.26 Å². The molecule has 0 radical (unpaired) electrons. The molecule has 0 amide bonds. The number of fused-ring (bicyclic) bond motifs is 1. The summed E-state index contributed by atoms with van der Waals surface area (Å²) in [5.41, 5.74) is 0.645. The summed E-state index contributed by atoms with van der Waals surface area (Å²) in [6, 6.07) is 7.75. The molecule has 0 aliphatic heterocycles. The van der Waals surface area contributed by atoms with E-state index in [4.69, 9.17) is 10.00 Å². The van der Waals surface area contributed by atoms with E-state index in [2.05, 4.69) is 6.07 Å². The first-order valence-electron chi connectivity index (χ1n) is 3.80. The standard InChI is InChI=1S/C10H7NOS/c1-12-9-4-7(6-11)5-10-8(9)2-3-13-10/h2-5H,1H3. The lowest BCUT2D eigenvalue weighted by Crippen LogP contribution is -1.84. The van der Waals surface area contributed by atoms with Crippen molar-refractivity contribution in [2.75, 3.05) is 7.11 Å². The van der Waals surface area contributed by atoms with Crippen LogP contribution in [0.15, 0.2) is 23.6 Å². The smallest absolute Gasteiger partial charge is 0.128 e. The minimum atomic E-state index is 0.645. The van der Waals surface area contributed by atoms with E-state index in [-0.39, 0.29) is 0 Å². The highest BCUT2D eigenvalue weighted by Gasteiger charge is 2.04. The van der Waals surface area contributed by atoms with Crippen molar-refractivity contribution in [2.24, 2.45) is 0 Å². The van der Waals surface area contributed by atoms with Crippen LogP contribution in [0, 0.1) is 11.3 Å². The third-order valence-electron chi connectivity index (χ3n) is 1.88. The lowest BCUT2D eigenvalue weighted by atomic mass is 10.2. The second-order valence-electron chi connectivity index (χ2n) is 2.62. The van der Waals surface area contributed by atoms with Crippen LogP contribution >= 0.6 is 11.3 Å². The zero-order valence-corrected chi connectivity index (χ0v) is 7.89. The van der Waals surface area contributed by atoms with Gasteiger partial charge in [-0.1, -0.05) is 0 Å². The maximum Gasteiger partial charge on any atom is 0.128 e. The summed E-state index contributed by atoms with van der Waals surface area (Å²) in [7, 11) is 1.62. The molecule has 1 aromatic carbocycles. The van der Waals surface area contributed by atoms with Crippen molar-refractivity contribution in [3.05, 3.63) is 29.1 Å². The third-order valence-corrected chi connectivity index (χ3v) is 2.75. The van der Waals surface area contributed by atoms with Gasteiger partial charge < -0.3 is 4.74 Å². The molecule has 2 aromatic rings. The maximum absolute atomic E-state index is 8.75. The van der Waals surface area contributed by atoms with E-state index in [0.29, 0.717) is 5.56 Å². The first-order valence-corrected chi connectivity index (χ1v) is 4.68. The number of hydrogen-bond acceptors (Lipinski definition) is 3. The van der Waals surface area contributed by atoms with E-state index < -0.39 is 0 Å². The van der Waals surface area contributed by atoms with Crippen LogP contribution in [0.3, 0.4) is 0 Å². The van der Waals surface area contributed by atoms with Crippen molar-refractivity contribution in [3.8, 4) is 11.8 Å². The Morgan fingerprint density at radius 3 is 3.00 bits per heavy atom. The van der Waals surface area contributed by atoms with Crippen LogP contribution in [-0.2, 0) is 0 Å². The van der Waals surface area contributed by atoms with Crippen LogP contribution in [-0.4, -0.2) is 7.11 Å². The largest absolute Gasteiger partial charge is 0.496 e. The Morgan fingerprint density at radius 2 is 2.31 bits per heavy atom. The number of nitriles is 1. The van der Waals surface area contributed by atoms with Crippen molar-refractivity contribution in [2.45, 2.75) is 0 Å². The molecule has 2 nitrogen and oxygen atoms in total. The lowest BCUT2D eigenvalue weighted by molar-refractivity contribution is 0.420. The predicted octanol–water partition coefficient (Wildman–Crippen LogP) is 2.78. The van der Waals surface area contributed by atoms with E-state index in [1.54, 1.807) is 24.5 Å². The lowest BCUT2D eigenvalue weighted by Gasteiger charge is -2.01. The molecule has 2 rings (SSSR count). The van der Waals surface area contributed by atoms with Gasteiger partial charge in [-0.05, 0) is 23.6 Å². The molecule has 0 saturated carbocycles. The number of thiophene rings is 1. The van der Waals surface area contributed by atoms with Crippen LogP contribution < -0.4 is 4.74 Å². The molecule has 1 heterocycles. The van der Waals surface area contributed by atoms with Crippen LogP contribution in [0.4, 0.5) is 0 Å². The van der Waals surface area contributed by atoms with E-state index in [1.165, 1.54) is 0 Å². The SMILES string of the molecule is COc1cc(C#N)cc2sccc12. The van der Waals surface area contributed by atoms with Crippen LogP contribution in [0.1, 0.15) is 5.56 Å². The number of ether oxygens (including phenoxy) is 1. The van der Waals surface area contributed by atoms with Crippen LogP contribution in [0.2, 0.25) is 0 Å². The van der Waals surface area contributed by atoms with Gasteiger partial charge in [0.1, 0.15) is 5.75 Å². The highest BCUT2D eigenvalue weighted by atomic mass is 32.1. The number of methoxy groups -OCH3 is 1. The van der Waals surface area contributed by atoms with Gasteiger partial charge >= 0.3 is 0 Å². The van der Waals surface area contributed by atoms with E-state index in [9.17, 15) is 0 Å². The molecule has 0 N–H and O–H groups in total. The normalized spacial score (nSPS) is 9.85. The summed E-state index contributed by atoms with van der Waals surface area (Å²) in [4.78, 5) is 0. The van der Waals surface area contributed by atoms with Gasteiger partial charge in [-0.15, -0.1) is 11.3 Å². The van der Waals surface area contributed by atoms with Gasteiger partial charge in [0.05, 0.1) is 18.7 Å². The molecule has 3 heteroatoms. The average Bonchev–Trinajstić information content (AvgIpc) is 2.63. The average molecular weight is 189 g/mol. The highest BCUT2D eigenvalue weighted by molar-refractivity contribution is 7.17.